The molecule has 0 bridgehead atoms. The lowest BCUT2D eigenvalue weighted by atomic mass is 10.1. The van der Waals surface area contributed by atoms with Gasteiger partial charge in [0, 0.05) is 5.56 Å². The summed E-state index contributed by atoms with van der Waals surface area (Å²) in [5, 5.41) is 7.74. The molecule has 35 heavy (non-hydrogen) atoms. The first-order chi connectivity index (χ1) is 16.7. The third kappa shape index (κ3) is 5.72. The summed E-state index contributed by atoms with van der Waals surface area (Å²) >= 11 is 0. The Morgan fingerprint density at radius 1 is 1.09 bits per heavy atom. The number of nitrogens with zero attached hydrogens (tertiary/aromatic N) is 4. The van der Waals surface area contributed by atoms with Gasteiger partial charge in [-0.3, -0.25) is 0 Å². The second-order valence-electron chi connectivity index (χ2n) is 8.82. The molecule has 2 heterocycles. The van der Waals surface area contributed by atoms with Crippen LogP contribution in [0.3, 0.4) is 0 Å². The molecule has 0 radical (unpaired) electrons. The smallest absolute Gasteiger partial charge is 0.408 e. The molecular weight excluding hydrogens is 448 g/mol. The SMILES string of the molecule is CC(C)(C)OC(=O)N[C@H](C=O)Cn1nc(-c2ccc(Oc3ccccc3)cc2)c2c(N)ncnc21. The van der Waals surface area contributed by atoms with E-state index in [0.717, 1.165) is 11.3 Å². The van der Waals surface area contributed by atoms with Crippen molar-refractivity contribution in [3.8, 4) is 22.8 Å². The van der Waals surface area contributed by atoms with Gasteiger partial charge in [-0.15, -0.1) is 0 Å². The normalized spacial score (nSPS) is 12.2. The minimum Gasteiger partial charge on any atom is -0.457 e. The predicted molar refractivity (Wildman–Crippen MR) is 131 cm³/mol. The van der Waals surface area contributed by atoms with Crippen LogP contribution in [0.5, 0.6) is 11.5 Å². The van der Waals surface area contributed by atoms with Gasteiger partial charge in [0.25, 0.3) is 0 Å². The number of fused-ring (bicyclic) bond motifs is 1. The lowest BCUT2D eigenvalue weighted by molar-refractivity contribution is -0.110. The topological polar surface area (TPSA) is 134 Å². The summed E-state index contributed by atoms with van der Waals surface area (Å²) in [6.07, 6.45) is 1.25. The molecule has 4 aromatic rings. The zero-order chi connectivity index (χ0) is 25.0. The van der Waals surface area contributed by atoms with Crippen LogP contribution < -0.4 is 15.8 Å². The van der Waals surface area contributed by atoms with Gasteiger partial charge in [0.1, 0.15) is 47.3 Å². The van der Waals surface area contributed by atoms with E-state index in [1.54, 1.807) is 20.8 Å². The fraction of sp³-hybridized carbons (Fsp3) is 0.240. The number of ether oxygens (including phenoxy) is 2. The number of anilines is 1. The van der Waals surface area contributed by atoms with E-state index in [1.807, 2.05) is 54.6 Å². The van der Waals surface area contributed by atoms with Gasteiger partial charge in [-0.2, -0.15) is 5.10 Å². The molecule has 10 heteroatoms. The van der Waals surface area contributed by atoms with E-state index in [1.165, 1.54) is 11.0 Å². The number of nitrogen functional groups attached to an aromatic ring is 1. The number of aromatic nitrogens is 4. The van der Waals surface area contributed by atoms with Crippen LogP contribution >= 0.6 is 0 Å². The highest BCUT2D eigenvalue weighted by Crippen LogP contribution is 2.32. The molecule has 0 unspecified atom stereocenters. The number of aldehydes is 1. The summed E-state index contributed by atoms with van der Waals surface area (Å²) in [7, 11) is 0. The van der Waals surface area contributed by atoms with Crippen molar-refractivity contribution in [2.45, 2.75) is 39.0 Å². The van der Waals surface area contributed by atoms with Crippen LogP contribution in [0.1, 0.15) is 20.8 Å². The van der Waals surface area contributed by atoms with Crippen molar-refractivity contribution in [3.05, 3.63) is 60.9 Å². The molecule has 0 aliphatic carbocycles. The molecule has 0 saturated heterocycles. The number of amides is 1. The predicted octanol–water partition coefficient (Wildman–Crippen LogP) is 3.96. The molecule has 0 aliphatic rings. The van der Waals surface area contributed by atoms with Crippen LogP contribution in [0.25, 0.3) is 22.3 Å². The first kappa shape index (κ1) is 23.7. The Labute approximate surface area is 202 Å². The van der Waals surface area contributed by atoms with Crippen molar-refractivity contribution in [2.75, 3.05) is 5.73 Å². The van der Waals surface area contributed by atoms with Gasteiger partial charge < -0.3 is 25.3 Å². The fourth-order valence-corrected chi connectivity index (χ4v) is 3.43. The standard InChI is InChI=1S/C25H26N6O4/c1-25(2,3)35-24(33)29-17(14-32)13-31-23-20(22(26)27-15-28-23)21(30-31)16-9-11-19(12-10-16)34-18-7-5-4-6-8-18/h4-12,14-15,17H,13H2,1-3H3,(H,29,33)(H2,26,27,28)/t17-/m0/s1. The number of rotatable bonds is 7. The molecule has 180 valence electrons. The van der Waals surface area contributed by atoms with E-state index >= 15 is 0 Å². The van der Waals surface area contributed by atoms with E-state index in [2.05, 4.69) is 20.4 Å². The molecule has 2 aromatic heterocycles. The van der Waals surface area contributed by atoms with Crippen LogP contribution in [0.15, 0.2) is 60.9 Å². The van der Waals surface area contributed by atoms with Gasteiger partial charge in [-0.25, -0.2) is 19.4 Å². The van der Waals surface area contributed by atoms with Crippen molar-refractivity contribution in [1.82, 2.24) is 25.1 Å². The number of nitrogens with two attached hydrogens (primary N) is 1. The van der Waals surface area contributed by atoms with Crippen molar-refractivity contribution < 1.29 is 19.1 Å². The van der Waals surface area contributed by atoms with Crippen molar-refractivity contribution in [3.63, 3.8) is 0 Å². The molecule has 10 nitrogen and oxygen atoms in total. The van der Waals surface area contributed by atoms with E-state index in [0.29, 0.717) is 28.8 Å². The van der Waals surface area contributed by atoms with Gasteiger partial charge in [0.15, 0.2) is 5.65 Å². The molecule has 0 fully saturated rings. The van der Waals surface area contributed by atoms with Crippen LogP contribution in [-0.4, -0.2) is 43.8 Å². The number of carbonyl (C=O) groups excluding carboxylic acids is 2. The summed E-state index contributed by atoms with van der Waals surface area (Å²) in [5.74, 6) is 1.64. The summed E-state index contributed by atoms with van der Waals surface area (Å²) in [6, 6.07) is 15.9. The van der Waals surface area contributed by atoms with Gasteiger partial charge in [-0.1, -0.05) is 18.2 Å². The molecule has 4 rings (SSSR count). The van der Waals surface area contributed by atoms with Crippen LogP contribution in [0, 0.1) is 0 Å². The zero-order valence-electron chi connectivity index (χ0n) is 19.6. The van der Waals surface area contributed by atoms with Crippen LogP contribution in [0.4, 0.5) is 10.6 Å². The Bertz CT molecular complexity index is 1330. The summed E-state index contributed by atoms with van der Waals surface area (Å²) in [4.78, 5) is 32.3. The summed E-state index contributed by atoms with van der Waals surface area (Å²) in [6.45, 7) is 5.26. The number of hydrogen-bond donors (Lipinski definition) is 2. The van der Waals surface area contributed by atoms with Gasteiger partial charge in [-0.05, 0) is 57.2 Å². The van der Waals surface area contributed by atoms with Gasteiger partial charge in [0.05, 0.1) is 11.9 Å². The Morgan fingerprint density at radius 2 is 1.77 bits per heavy atom. The maximum atomic E-state index is 12.1. The fourth-order valence-electron chi connectivity index (χ4n) is 3.43. The summed E-state index contributed by atoms with van der Waals surface area (Å²) in [5.41, 5.74) is 7.22. The Balaban J connectivity index is 1.61. The number of para-hydroxylation sites is 1. The first-order valence-corrected chi connectivity index (χ1v) is 11.0. The highest BCUT2D eigenvalue weighted by molar-refractivity contribution is 5.98. The Morgan fingerprint density at radius 3 is 2.43 bits per heavy atom. The third-order valence-electron chi connectivity index (χ3n) is 4.90. The third-order valence-corrected chi connectivity index (χ3v) is 4.90. The second kappa shape index (κ2) is 9.80. The molecular formula is C25H26N6O4. The lowest BCUT2D eigenvalue weighted by Crippen LogP contribution is -2.42. The quantitative estimate of drug-likeness (QED) is 0.384. The van der Waals surface area contributed by atoms with Gasteiger partial charge in [0.2, 0.25) is 0 Å². The van der Waals surface area contributed by atoms with Crippen molar-refractivity contribution in [1.29, 1.82) is 0 Å². The monoisotopic (exact) mass is 474 g/mol. The molecule has 0 saturated carbocycles. The maximum absolute atomic E-state index is 12.1. The largest absolute Gasteiger partial charge is 0.457 e. The highest BCUT2D eigenvalue weighted by atomic mass is 16.6. The molecule has 1 atom stereocenters. The highest BCUT2D eigenvalue weighted by Gasteiger charge is 2.23. The lowest BCUT2D eigenvalue weighted by Gasteiger charge is -2.21. The zero-order valence-corrected chi connectivity index (χ0v) is 19.6. The second-order valence-corrected chi connectivity index (χ2v) is 8.82. The van der Waals surface area contributed by atoms with Gasteiger partial charge >= 0.3 is 6.09 Å². The van der Waals surface area contributed by atoms with Crippen LogP contribution in [0.2, 0.25) is 0 Å². The molecule has 2 aromatic carbocycles. The van der Waals surface area contributed by atoms with Crippen molar-refractivity contribution in [2.24, 2.45) is 0 Å². The summed E-state index contributed by atoms with van der Waals surface area (Å²) < 4.78 is 12.6. The van der Waals surface area contributed by atoms with E-state index < -0.39 is 17.7 Å². The molecule has 3 N–H and O–H groups in total. The minimum absolute atomic E-state index is 0.0326. The van der Waals surface area contributed by atoms with E-state index in [4.69, 9.17) is 15.2 Å². The average molecular weight is 475 g/mol. The molecule has 0 spiro atoms. The Kier molecular flexibility index (Phi) is 6.63. The van der Waals surface area contributed by atoms with Crippen LogP contribution in [-0.2, 0) is 16.1 Å². The first-order valence-electron chi connectivity index (χ1n) is 11.0. The number of hydrogen-bond acceptors (Lipinski definition) is 8. The van der Waals surface area contributed by atoms with E-state index in [9.17, 15) is 9.59 Å². The Hall–Kier alpha value is -4.47. The average Bonchev–Trinajstić information content (AvgIpc) is 3.18. The number of nitrogens with one attached hydrogen (secondary N) is 1. The number of carbonyl (C=O) groups is 2. The van der Waals surface area contributed by atoms with Crippen molar-refractivity contribution >= 4 is 29.2 Å². The molecule has 0 aliphatic heterocycles. The minimum atomic E-state index is -0.890. The number of benzene rings is 2. The van der Waals surface area contributed by atoms with E-state index in [-0.39, 0.29) is 12.4 Å². The molecule has 1 amide bonds. The maximum Gasteiger partial charge on any atom is 0.408 e. The number of alkyl carbamates (subject to hydrolysis) is 1.